The van der Waals surface area contributed by atoms with Crippen LogP contribution in [0.2, 0.25) is 0 Å². The maximum Gasteiger partial charge on any atom is 0.302 e. The van der Waals surface area contributed by atoms with E-state index in [0.717, 1.165) is 5.56 Å². The van der Waals surface area contributed by atoms with Crippen molar-refractivity contribution in [1.82, 2.24) is 0 Å². The highest BCUT2D eigenvalue weighted by molar-refractivity contribution is 5.65. The first kappa shape index (κ1) is 13.1. The van der Waals surface area contributed by atoms with E-state index in [4.69, 9.17) is 21.0 Å². The highest BCUT2D eigenvalue weighted by Crippen LogP contribution is 2.13. The number of carbonyl (C=O) groups excluding carboxylic acids is 1. The molecule has 0 saturated heterocycles. The van der Waals surface area contributed by atoms with Crippen LogP contribution in [0.25, 0.3) is 0 Å². The Balaban J connectivity index is 2.45. The van der Waals surface area contributed by atoms with Crippen LogP contribution in [0, 0.1) is 12.3 Å². The molecule has 0 amide bonds. The number of rotatable bonds is 5. The Morgan fingerprint density at radius 1 is 1.47 bits per heavy atom. The molecule has 1 aromatic carbocycles. The summed E-state index contributed by atoms with van der Waals surface area (Å²) >= 11 is 0. The van der Waals surface area contributed by atoms with Crippen molar-refractivity contribution in [2.45, 2.75) is 19.6 Å². The molecule has 4 heteroatoms. The number of hydrogen-bond acceptors (Lipinski definition) is 4. The first-order valence-electron chi connectivity index (χ1n) is 5.11. The van der Waals surface area contributed by atoms with Gasteiger partial charge in [0.15, 0.2) is 0 Å². The molecule has 1 rings (SSSR count). The smallest absolute Gasteiger partial charge is 0.302 e. The molecule has 0 saturated carbocycles. The van der Waals surface area contributed by atoms with Crippen molar-refractivity contribution in [3.63, 3.8) is 0 Å². The van der Waals surface area contributed by atoms with Gasteiger partial charge in [-0.1, -0.05) is 18.1 Å². The van der Waals surface area contributed by atoms with Crippen LogP contribution in [0.3, 0.4) is 0 Å². The highest BCUT2D eigenvalue weighted by Gasteiger charge is 2.01. The zero-order chi connectivity index (χ0) is 12.7. The minimum Gasteiger partial charge on any atom is -0.490 e. The summed E-state index contributed by atoms with van der Waals surface area (Å²) in [7, 11) is 0. The van der Waals surface area contributed by atoms with Crippen LogP contribution < -0.4 is 4.74 Å². The lowest BCUT2D eigenvalue weighted by molar-refractivity contribution is -0.142. The first-order chi connectivity index (χ1) is 8.11. The van der Waals surface area contributed by atoms with E-state index in [1.807, 2.05) is 0 Å². The van der Waals surface area contributed by atoms with Crippen molar-refractivity contribution >= 4 is 5.97 Å². The van der Waals surface area contributed by atoms with Crippen molar-refractivity contribution in [2.24, 2.45) is 0 Å². The fraction of sp³-hybridized carbons (Fsp3) is 0.308. The van der Waals surface area contributed by atoms with Gasteiger partial charge in [-0.2, -0.15) is 0 Å². The van der Waals surface area contributed by atoms with Gasteiger partial charge in [-0.25, -0.2) is 0 Å². The lowest BCUT2D eigenvalue weighted by Crippen LogP contribution is -2.14. The molecule has 0 aliphatic heterocycles. The van der Waals surface area contributed by atoms with Crippen LogP contribution in [0.15, 0.2) is 24.3 Å². The maximum atomic E-state index is 10.6. The summed E-state index contributed by atoms with van der Waals surface area (Å²) in [5, 5.41) is 9.10. The highest BCUT2D eigenvalue weighted by atomic mass is 16.5. The predicted octanol–water partition coefficient (Wildman–Crippen LogP) is 1.12. The molecule has 1 aromatic rings. The quantitative estimate of drug-likeness (QED) is 0.612. The maximum absolute atomic E-state index is 10.6. The second-order valence-electron chi connectivity index (χ2n) is 3.42. The molecule has 0 radical (unpaired) electrons. The van der Waals surface area contributed by atoms with Crippen LogP contribution in [0.4, 0.5) is 0 Å². The number of aliphatic hydroxyl groups is 1. The van der Waals surface area contributed by atoms with Crippen molar-refractivity contribution in [1.29, 1.82) is 0 Å². The topological polar surface area (TPSA) is 55.8 Å². The molecule has 90 valence electrons. The molecule has 0 aliphatic rings. The van der Waals surface area contributed by atoms with E-state index in [0.29, 0.717) is 5.75 Å². The van der Waals surface area contributed by atoms with Crippen molar-refractivity contribution < 1.29 is 19.4 Å². The zero-order valence-electron chi connectivity index (χ0n) is 9.55. The van der Waals surface area contributed by atoms with E-state index in [1.54, 1.807) is 24.3 Å². The molecule has 17 heavy (non-hydrogen) atoms. The van der Waals surface area contributed by atoms with Crippen LogP contribution in [-0.4, -0.2) is 23.8 Å². The molecule has 0 fully saturated rings. The summed E-state index contributed by atoms with van der Waals surface area (Å²) < 4.78 is 10.1. The summed E-state index contributed by atoms with van der Waals surface area (Å²) in [4.78, 5) is 10.6. The van der Waals surface area contributed by atoms with Crippen LogP contribution in [-0.2, 0) is 16.1 Å². The van der Waals surface area contributed by atoms with Crippen molar-refractivity contribution in [3.8, 4) is 18.1 Å². The summed E-state index contributed by atoms with van der Waals surface area (Å²) in [5.74, 6) is 2.44. The van der Waals surface area contributed by atoms with E-state index >= 15 is 0 Å². The number of terminal acetylenes is 1. The summed E-state index contributed by atoms with van der Waals surface area (Å²) in [6, 6.07) is 7.01. The molecule has 0 aliphatic carbocycles. The van der Waals surface area contributed by atoms with Gasteiger partial charge in [0, 0.05) is 6.92 Å². The normalized spacial score (nSPS) is 11.4. The Labute approximate surface area is 100 Å². The fourth-order valence-corrected chi connectivity index (χ4v) is 1.09. The number of benzene rings is 1. The fourth-order valence-electron chi connectivity index (χ4n) is 1.09. The lowest BCUT2D eigenvalue weighted by atomic mass is 10.2. The molecule has 1 N–H and O–H groups in total. The van der Waals surface area contributed by atoms with Gasteiger partial charge in [0.25, 0.3) is 0 Å². The molecule has 1 atom stereocenters. The van der Waals surface area contributed by atoms with Gasteiger partial charge in [-0.15, -0.1) is 6.42 Å². The monoisotopic (exact) mass is 234 g/mol. The Kier molecular flexibility index (Phi) is 5.05. The number of hydrogen-bond donors (Lipinski definition) is 1. The van der Waals surface area contributed by atoms with E-state index in [2.05, 4.69) is 5.92 Å². The SMILES string of the molecule is C#CC(O)COc1ccc(COC(C)=O)cc1. The van der Waals surface area contributed by atoms with Gasteiger partial charge in [-0.3, -0.25) is 4.79 Å². The largest absolute Gasteiger partial charge is 0.490 e. The third-order valence-corrected chi connectivity index (χ3v) is 1.97. The Morgan fingerprint density at radius 2 is 2.12 bits per heavy atom. The summed E-state index contributed by atoms with van der Waals surface area (Å²) in [5.41, 5.74) is 0.866. The molecule has 0 spiro atoms. The van der Waals surface area contributed by atoms with Gasteiger partial charge in [-0.05, 0) is 17.7 Å². The van der Waals surface area contributed by atoms with Gasteiger partial charge < -0.3 is 14.6 Å². The molecule has 0 bridgehead atoms. The second-order valence-corrected chi connectivity index (χ2v) is 3.42. The minimum atomic E-state index is -0.907. The standard InChI is InChI=1S/C13H14O4/c1-3-12(15)9-17-13-6-4-11(5-7-13)8-16-10(2)14/h1,4-7,12,15H,8-9H2,2H3. The van der Waals surface area contributed by atoms with Gasteiger partial charge >= 0.3 is 5.97 Å². The summed E-state index contributed by atoms with van der Waals surface area (Å²) in [6.45, 7) is 1.65. The lowest BCUT2D eigenvalue weighted by Gasteiger charge is -2.08. The van der Waals surface area contributed by atoms with Crippen LogP contribution >= 0.6 is 0 Å². The zero-order valence-corrected chi connectivity index (χ0v) is 9.55. The molecule has 1 unspecified atom stereocenters. The van der Waals surface area contributed by atoms with Gasteiger partial charge in [0.2, 0.25) is 0 Å². The molecule has 0 aromatic heterocycles. The van der Waals surface area contributed by atoms with Gasteiger partial charge in [0.1, 0.15) is 25.1 Å². The van der Waals surface area contributed by atoms with E-state index in [-0.39, 0.29) is 19.2 Å². The van der Waals surface area contributed by atoms with Crippen LogP contribution in [0.1, 0.15) is 12.5 Å². The van der Waals surface area contributed by atoms with Crippen molar-refractivity contribution in [2.75, 3.05) is 6.61 Å². The van der Waals surface area contributed by atoms with Crippen LogP contribution in [0.5, 0.6) is 5.75 Å². The third-order valence-electron chi connectivity index (χ3n) is 1.97. The van der Waals surface area contributed by atoms with E-state index in [9.17, 15) is 4.79 Å². The Morgan fingerprint density at radius 3 is 2.65 bits per heavy atom. The molecular weight excluding hydrogens is 220 g/mol. The number of esters is 1. The van der Waals surface area contributed by atoms with Crippen molar-refractivity contribution in [3.05, 3.63) is 29.8 Å². The molecule has 0 heterocycles. The third kappa shape index (κ3) is 5.05. The second kappa shape index (κ2) is 6.56. The average molecular weight is 234 g/mol. The number of aliphatic hydroxyl groups excluding tert-OH is 1. The first-order valence-corrected chi connectivity index (χ1v) is 5.11. The van der Waals surface area contributed by atoms with Gasteiger partial charge in [0.05, 0.1) is 0 Å². The number of ether oxygens (including phenoxy) is 2. The van der Waals surface area contributed by atoms with E-state index < -0.39 is 6.10 Å². The van der Waals surface area contributed by atoms with E-state index in [1.165, 1.54) is 6.92 Å². The molecule has 4 nitrogen and oxygen atoms in total. The Bertz CT molecular complexity index is 402. The Hall–Kier alpha value is -1.99. The minimum absolute atomic E-state index is 0.0553. The number of carbonyl (C=O) groups is 1. The predicted molar refractivity (Wildman–Crippen MR) is 62.2 cm³/mol. The average Bonchev–Trinajstić information content (AvgIpc) is 2.34. The molecular formula is C13H14O4. The summed E-state index contributed by atoms with van der Waals surface area (Å²) in [6.07, 6.45) is 4.09.